The molecule has 16 nitrogen and oxygen atoms in total. The summed E-state index contributed by atoms with van der Waals surface area (Å²) in [5.74, 6) is 0. The maximum absolute atomic E-state index is 2.81. The first kappa shape index (κ1) is 83.4. The Morgan fingerprint density at radius 3 is 0.308 bits per heavy atom. The van der Waals surface area contributed by atoms with Gasteiger partial charge >= 0.3 is 0 Å². The van der Waals surface area contributed by atoms with Crippen molar-refractivity contribution < 1.29 is 219 Å². The van der Waals surface area contributed by atoms with Crippen molar-refractivity contribution in [2.75, 3.05) is 0 Å². The molecule has 0 saturated carbocycles. The molecule has 8 rings (SSSR count). The number of aromatic nitrogens is 16. The largest absolute Gasteiger partial charge is 1.00 e. The Morgan fingerprint density at radius 2 is 0.288 bits per heavy atom. The second-order valence-electron chi connectivity index (χ2n) is 6.49. The first-order valence-corrected chi connectivity index (χ1v) is 11.9. The molecule has 8 aromatic heterocycles. The second-order valence-corrected chi connectivity index (χ2v) is 6.49. The number of hydrogen-bond acceptors (Lipinski definition) is 0. The van der Waals surface area contributed by atoms with Gasteiger partial charge in [-0.05, 0) is 0 Å². The summed E-state index contributed by atoms with van der Waals surface area (Å²) in [5, 5.41) is 0. The zero-order chi connectivity index (χ0) is 28.3. The van der Waals surface area contributed by atoms with Crippen LogP contribution >= 0.6 is 0 Å². The van der Waals surface area contributed by atoms with Gasteiger partial charge in [-0.3, -0.25) is 79.7 Å². The van der Waals surface area contributed by atoms with Crippen molar-refractivity contribution in [1.82, 2.24) is 39.9 Å². The molecule has 52 heavy (non-hydrogen) atoms. The maximum atomic E-state index is 2.81. The van der Waals surface area contributed by atoms with Gasteiger partial charge in [-0.15, -0.1) is 0 Å². The van der Waals surface area contributed by atoms with Crippen molar-refractivity contribution in [3.63, 3.8) is 0 Å². The van der Waals surface area contributed by atoms with Crippen LogP contribution in [0.4, 0.5) is 0 Å². The number of halogens is 10. The molecular formula is C24H40Cd2Cl10N16-2. The molecule has 0 saturated heterocycles. The normalized spacial score (nSPS) is 6.15. The van der Waals surface area contributed by atoms with E-state index in [0.717, 1.165) is 0 Å². The van der Waals surface area contributed by atoms with E-state index >= 15 is 0 Å². The van der Waals surface area contributed by atoms with Crippen LogP contribution in [0.1, 0.15) is 0 Å². The molecule has 0 aliphatic rings. The summed E-state index contributed by atoms with van der Waals surface area (Å²) in [6.45, 7) is 0. The van der Waals surface area contributed by atoms with E-state index in [1.165, 1.54) is 0 Å². The van der Waals surface area contributed by atoms with Crippen LogP contribution in [0.25, 0.3) is 0 Å². The van der Waals surface area contributed by atoms with Crippen molar-refractivity contribution in [1.29, 1.82) is 0 Å². The summed E-state index contributed by atoms with van der Waals surface area (Å²) in [4.78, 5) is 44.9. The predicted octanol–water partition coefficient (Wildman–Crippen LogP) is -31.3. The van der Waals surface area contributed by atoms with Gasteiger partial charge in [0.1, 0.15) is 99.1 Å². The third kappa shape index (κ3) is 73.8. The number of aromatic amines is 16. The number of nitrogens with one attached hydrogen (secondary N) is 16. The van der Waals surface area contributed by atoms with Crippen LogP contribution in [0.3, 0.4) is 0 Å². The fraction of sp³-hybridized carbons (Fsp3) is 0. The predicted molar refractivity (Wildman–Crippen MR) is 139 cm³/mol. The number of hydrogen-bond donors (Lipinski definition) is 8. The summed E-state index contributed by atoms with van der Waals surface area (Å²) in [5.41, 5.74) is 0. The van der Waals surface area contributed by atoms with Crippen LogP contribution < -0.4 is 164 Å². The van der Waals surface area contributed by atoms with Gasteiger partial charge in [-0.2, -0.15) is 0 Å². The van der Waals surface area contributed by atoms with Gasteiger partial charge in [0.05, 0.1) is 0 Å². The molecular weight excluding hydrogens is 1090 g/mol. The van der Waals surface area contributed by atoms with E-state index in [4.69, 9.17) is 0 Å². The average molecular weight is 1130 g/mol. The van der Waals surface area contributed by atoms with Crippen LogP contribution in [0, 0.1) is 0 Å². The van der Waals surface area contributed by atoms with Gasteiger partial charge in [0.25, 0.3) is 0 Å². The van der Waals surface area contributed by atoms with E-state index in [0.29, 0.717) is 0 Å². The Labute approximate surface area is 403 Å². The summed E-state index contributed by atoms with van der Waals surface area (Å²) in [7, 11) is 0. The molecule has 0 aromatic carbocycles. The average Bonchev–Trinajstić information content (AvgIpc) is 3.95. The van der Waals surface area contributed by atoms with Gasteiger partial charge in [-0.25, -0.2) is 0 Å². The molecule has 0 bridgehead atoms. The second kappa shape index (κ2) is 78.5. The quantitative estimate of drug-likeness (QED) is 0.0662. The molecule has 0 spiro atoms. The molecule has 0 atom stereocenters. The zero-order valence-corrected chi connectivity index (χ0v) is 42.7. The first-order chi connectivity index (χ1) is 20.0. The number of imidazole rings is 8. The summed E-state index contributed by atoms with van der Waals surface area (Å²) in [6, 6.07) is 0. The van der Waals surface area contributed by atoms with Gasteiger partial charge in [0.15, 0.2) is 0 Å². The number of H-pyrrole nitrogens is 16. The molecule has 8 heterocycles. The van der Waals surface area contributed by atoms with Crippen LogP contribution in [0.5, 0.6) is 0 Å². The number of rotatable bonds is 0. The molecule has 28 heteroatoms. The Kier molecular flexibility index (Phi) is 126. The third-order valence-corrected chi connectivity index (χ3v) is 3.54. The van der Waals surface area contributed by atoms with Gasteiger partial charge < -0.3 is 124 Å². The van der Waals surface area contributed by atoms with Crippen molar-refractivity contribution in [2.24, 2.45) is 0 Å². The fourth-order valence-corrected chi connectivity index (χ4v) is 1.92. The Bertz CT molecular complexity index is 854. The third-order valence-electron chi connectivity index (χ3n) is 3.54. The topological polar surface area (TPSA) is 239 Å². The SMILES string of the molecule is [Cd].[Cd].[Cl-].[Cl-].[Cl-].[Cl-].[Cl-].[Cl-].[Cl-].[Cl-].[Cl-].[Cl-].c1c[nH+]c[nH]1.c1c[nH+]c[nH]1.c1c[nH+]c[nH]1.c1c[nH+]c[nH]1.c1c[nH+]c[nH]1.c1c[nH+]c[nH]1.c1c[nH+]c[nH]1.c1c[nH+]c[nH]1. The van der Waals surface area contributed by atoms with E-state index in [2.05, 4.69) is 79.7 Å². The Hall–Kier alpha value is -1.58. The summed E-state index contributed by atoms with van der Waals surface area (Å²) < 4.78 is 0. The maximum Gasteiger partial charge on any atom is 0.239 e. The van der Waals surface area contributed by atoms with E-state index in [9.17, 15) is 0 Å². The smallest absolute Gasteiger partial charge is 0.239 e. The van der Waals surface area contributed by atoms with Crippen molar-refractivity contribution in [3.8, 4) is 0 Å². The van der Waals surface area contributed by atoms with Crippen LogP contribution in [0.2, 0.25) is 0 Å². The summed E-state index contributed by atoms with van der Waals surface area (Å²) in [6.07, 6.45) is 43.1. The molecule has 0 amide bonds. The minimum atomic E-state index is 0. The van der Waals surface area contributed by atoms with Crippen LogP contribution in [0.15, 0.2) is 150 Å². The van der Waals surface area contributed by atoms with Crippen LogP contribution in [-0.2, 0) is 54.6 Å². The molecule has 0 aliphatic carbocycles. The van der Waals surface area contributed by atoms with Gasteiger partial charge in [0, 0.05) is 54.6 Å². The molecule has 0 aliphatic heterocycles. The van der Waals surface area contributed by atoms with E-state index in [1.807, 2.05) is 99.1 Å². The Balaban J connectivity index is -0.0000000340. The fourth-order valence-electron chi connectivity index (χ4n) is 1.92. The Morgan fingerprint density at radius 1 is 0.192 bits per heavy atom. The zero-order valence-electron chi connectivity index (χ0n) is 27.1. The van der Waals surface area contributed by atoms with Crippen molar-refractivity contribution >= 4 is 0 Å². The molecule has 16 N–H and O–H groups in total. The van der Waals surface area contributed by atoms with E-state index < -0.39 is 0 Å². The monoisotopic (exact) mass is 1130 g/mol. The first-order valence-electron chi connectivity index (χ1n) is 11.9. The van der Waals surface area contributed by atoms with Crippen LogP contribution in [-0.4, -0.2) is 39.9 Å². The molecule has 0 fully saturated rings. The van der Waals surface area contributed by atoms with Crippen molar-refractivity contribution in [3.05, 3.63) is 150 Å². The molecule has 292 valence electrons. The standard InChI is InChI=1S/8C3H4N2.2Cd.10ClH/c8*1-2-5-3-4-1;;;;;;;;;;;;/h8*1-3H,(H,4,5);;;10*1H/p-2. The molecule has 0 radical (unpaired) electrons. The molecule has 0 unspecified atom stereocenters. The summed E-state index contributed by atoms with van der Waals surface area (Å²) >= 11 is 0. The van der Waals surface area contributed by atoms with E-state index in [-0.39, 0.29) is 179 Å². The van der Waals surface area contributed by atoms with Crippen molar-refractivity contribution in [2.45, 2.75) is 0 Å². The molecule has 8 aromatic rings. The van der Waals surface area contributed by atoms with Gasteiger partial charge in [0.2, 0.25) is 50.6 Å². The van der Waals surface area contributed by atoms with Gasteiger partial charge in [-0.1, -0.05) is 0 Å². The van der Waals surface area contributed by atoms with E-state index in [1.54, 1.807) is 50.6 Å². The minimum absolute atomic E-state index is 0. The minimum Gasteiger partial charge on any atom is -1.00 e.